The first-order chi connectivity index (χ1) is 12.1. The molecule has 0 saturated carbocycles. The predicted octanol–water partition coefficient (Wildman–Crippen LogP) is 4.44. The minimum atomic E-state index is -3.87. The summed E-state index contributed by atoms with van der Waals surface area (Å²) < 4.78 is 57.5. The van der Waals surface area contributed by atoms with Crippen molar-refractivity contribution in [3.8, 4) is 5.75 Å². The van der Waals surface area contributed by atoms with Crippen LogP contribution < -0.4 is 9.46 Å². The predicted molar refractivity (Wildman–Crippen MR) is 100 cm³/mol. The molecule has 0 aliphatic carbocycles. The van der Waals surface area contributed by atoms with E-state index in [1.165, 1.54) is 24.3 Å². The van der Waals surface area contributed by atoms with Crippen LogP contribution in [-0.2, 0) is 20.9 Å². The number of alkyl halides is 3. The van der Waals surface area contributed by atoms with Crippen LogP contribution in [0.2, 0.25) is 0 Å². The van der Waals surface area contributed by atoms with E-state index >= 15 is 0 Å². The highest BCUT2D eigenvalue weighted by molar-refractivity contribution is 9.08. The number of hydrogen-bond donors (Lipinski definition) is 1. The van der Waals surface area contributed by atoms with E-state index in [0.717, 1.165) is 11.1 Å². The quantitative estimate of drug-likeness (QED) is 0.608. The Labute approximate surface area is 160 Å². The Morgan fingerprint density at radius 2 is 1.81 bits per heavy atom. The van der Waals surface area contributed by atoms with Gasteiger partial charge in [0.15, 0.2) is 0 Å². The zero-order valence-electron chi connectivity index (χ0n) is 14.4. The van der Waals surface area contributed by atoms with Gasteiger partial charge < -0.3 is 4.74 Å². The third kappa shape index (κ3) is 5.49. The molecule has 0 amide bonds. The first kappa shape index (κ1) is 20.8. The van der Waals surface area contributed by atoms with E-state index in [2.05, 4.69) is 20.7 Å². The number of benzene rings is 2. The van der Waals surface area contributed by atoms with Crippen LogP contribution in [0.15, 0.2) is 53.4 Å². The van der Waals surface area contributed by atoms with E-state index in [-0.39, 0.29) is 10.6 Å². The van der Waals surface area contributed by atoms with E-state index in [0.29, 0.717) is 5.33 Å². The molecule has 0 fully saturated rings. The van der Waals surface area contributed by atoms with Crippen molar-refractivity contribution < 1.29 is 21.9 Å². The third-order valence-electron chi connectivity index (χ3n) is 3.71. The monoisotopic (exact) mass is 447 g/mol. The fourth-order valence-electron chi connectivity index (χ4n) is 2.35. The summed E-state index contributed by atoms with van der Waals surface area (Å²) in [5, 5.41) is 0.713. The Hall–Kier alpha value is -1.51. The average molecular weight is 448 g/mol. The SMILES string of the molecule is CC(C)(NS(=O)(=O)c1cccc(OCC(F)F)c1)c1ccc(CBr)cc1. The van der Waals surface area contributed by atoms with Crippen molar-refractivity contribution in [2.75, 3.05) is 6.61 Å². The molecule has 2 aromatic rings. The van der Waals surface area contributed by atoms with Crippen molar-refractivity contribution in [3.63, 3.8) is 0 Å². The van der Waals surface area contributed by atoms with Crippen molar-refractivity contribution in [1.82, 2.24) is 4.72 Å². The molecule has 2 aromatic carbocycles. The van der Waals surface area contributed by atoms with Crippen LogP contribution in [0.4, 0.5) is 8.78 Å². The largest absolute Gasteiger partial charge is 0.488 e. The molecule has 0 atom stereocenters. The van der Waals surface area contributed by atoms with Gasteiger partial charge in [-0.3, -0.25) is 0 Å². The highest BCUT2D eigenvalue weighted by atomic mass is 79.9. The molecule has 0 heterocycles. The number of ether oxygens (including phenoxy) is 1. The summed E-state index contributed by atoms with van der Waals surface area (Å²) in [5.41, 5.74) is 1.02. The Morgan fingerprint density at radius 1 is 1.15 bits per heavy atom. The lowest BCUT2D eigenvalue weighted by atomic mass is 9.95. The van der Waals surface area contributed by atoms with Crippen LogP contribution in [0.25, 0.3) is 0 Å². The summed E-state index contributed by atoms with van der Waals surface area (Å²) in [4.78, 5) is -0.0468. The molecule has 0 aliphatic rings. The van der Waals surface area contributed by atoms with Crippen molar-refractivity contribution in [1.29, 1.82) is 0 Å². The number of rotatable bonds is 8. The second kappa shape index (κ2) is 8.45. The zero-order valence-corrected chi connectivity index (χ0v) is 16.8. The van der Waals surface area contributed by atoms with Gasteiger partial charge in [-0.25, -0.2) is 21.9 Å². The highest BCUT2D eigenvalue weighted by Gasteiger charge is 2.28. The lowest BCUT2D eigenvalue weighted by Gasteiger charge is -2.27. The van der Waals surface area contributed by atoms with Crippen LogP contribution in [0.1, 0.15) is 25.0 Å². The Balaban J connectivity index is 2.22. The van der Waals surface area contributed by atoms with Crippen molar-refractivity contribution >= 4 is 26.0 Å². The number of sulfonamides is 1. The maximum absolute atomic E-state index is 12.7. The highest BCUT2D eigenvalue weighted by Crippen LogP contribution is 2.25. The van der Waals surface area contributed by atoms with E-state index in [4.69, 9.17) is 4.74 Å². The Kier molecular flexibility index (Phi) is 6.76. The summed E-state index contributed by atoms with van der Waals surface area (Å²) in [6.45, 7) is 2.72. The van der Waals surface area contributed by atoms with Gasteiger partial charge in [-0.2, -0.15) is 0 Å². The molecule has 8 heteroatoms. The van der Waals surface area contributed by atoms with Gasteiger partial charge in [-0.1, -0.05) is 46.3 Å². The molecule has 0 radical (unpaired) electrons. The molecule has 0 bridgehead atoms. The Bertz CT molecular complexity index is 840. The van der Waals surface area contributed by atoms with Gasteiger partial charge in [-0.15, -0.1) is 0 Å². The van der Waals surface area contributed by atoms with E-state index in [1.807, 2.05) is 24.3 Å². The Morgan fingerprint density at radius 3 is 2.38 bits per heavy atom. The molecule has 0 aromatic heterocycles. The second-order valence-corrected chi connectivity index (χ2v) is 8.48. The maximum atomic E-state index is 12.7. The first-order valence-corrected chi connectivity index (χ1v) is 10.4. The molecule has 0 saturated heterocycles. The van der Waals surface area contributed by atoms with E-state index in [1.54, 1.807) is 13.8 Å². The lowest BCUT2D eigenvalue weighted by Crippen LogP contribution is -2.40. The molecular formula is C18H20BrF2NO3S. The number of nitrogens with one attached hydrogen (secondary N) is 1. The summed E-state index contributed by atoms with van der Waals surface area (Å²) in [7, 11) is -3.87. The molecule has 4 nitrogen and oxygen atoms in total. The molecule has 0 spiro atoms. The normalized spacial score (nSPS) is 12.4. The maximum Gasteiger partial charge on any atom is 0.272 e. The zero-order chi connectivity index (χ0) is 19.4. The molecular weight excluding hydrogens is 428 g/mol. The van der Waals surface area contributed by atoms with Gasteiger partial charge in [0.25, 0.3) is 6.43 Å². The molecule has 142 valence electrons. The molecule has 1 N–H and O–H groups in total. The van der Waals surface area contributed by atoms with Crippen molar-refractivity contribution in [3.05, 3.63) is 59.7 Å². The van der Waals surface area contributed by atoms with Gasteiger partial charge in [0.1, 0.15) is 12.4 Å². The first-order valence-electron chi connectivity index (χ1n) is 7.84. The smallest absolute Gasteiger partial charge is 0.272 e. The van der Waals surface area contributed by atoms with Crippen LogP contribution in [-0.4, -0.2) is 21.5 Å². The van der Waals surface area contributed by atoms with Gasteiger partial charge in [-0.05, 0) is 37.1 Å². The van der Waals surface area contributed by atoms with Gasteiger partial charge >= 0.3 is 0 Å². The van der Waals surface area contributed by atoms with Crippen LogP contribution in [0, 0.1) is 0 Å². The standard InChI is InChI=1S/C18H20BrF2NO3S/c1-18(2,14-8-6-13(11-19)7-9-14)22-26(23,24)16-5-3-4-15(10-16)25-12-17(20)21/h3-10,17,22H,11-12H2,1-2H3. The number of hydrogen-bond acceptors (Lipinski definition) is 3. The van der Waals surface area contributed by atoms with Crippen LogP contribution in [0.5, 0.6) is 5.75 Å². The summed E-state index contributed by atoms with van der Waals surface area (Å²) >= 11 is 3.37. The van der Waals surface area contributed by atoms with Crippen molar-refractivity contribution in [2.24, 2.45) is 0 Å². The fourth-order valence-corrected chi connectivity index (χ4v) is 4.17. The molecule has 2 rings (SSSR count). The van der Waals surface area contributed by atoms with Gasteiger partial charge in [0, 0.05) is 11.4 Å². The van der Waals surface area contributed by atoms with Crippen molar-refractivity contribution in [2.45, 2.75) is 36.0 Å². The van der Waals surface area contributed by atoms with Crippen LogP contribution >= 0.6 is 15.9 Å². The van der Waals surface area contributed by atoms with E-state index < -0.39 is 28.6 Å². The molecule has 26 heavy (non-hydrogen) atoms. The summed E-state index contributed by atoms with van der Waals surface area (Å²) in [6.07, 6.45) is -2.63. The molecule has 0 unspecified atom stereocenters. The van der Waals surface area contributed by atoms with E-state index in [9.17, 15) is 17.2 Å². The third-order valence-corrected chi connectivity index (χ3v) is 6.01. The number of halogens is 3. The average Bonchev–Trinajstić information content (AvgIpc) is 2.59. The minimum absolute atomic E-state index is 0.0468. The second-order valence-electron chi connectivity index (χ2n) is 6.24. The summed E-state index contributed by atoms with van der Waals surface area (Å²) in [5.74, 6) is 0.0765. The summed E-state index contributed by atoms with van der Waals surface area (Å²) in [6, 6.07) is 13.1. The van der Waals surface area contributed by atoms with Gasteiger partial charge in [0.05, 0.1) is 10.4 Å². The van der Waals surface area contributed by atoms with Crippen LogP contribution in [0.3, 0.4) is 0 Å². The minimum Gasteiger partial charge on any atom is -0.488 e. The lowest BCUT2D eigenvalue weighted by molar-refractivity contribution is 0.0818. The fraction of sp³-hybridized carbons (Fsp3) is 0.333. The topological polar surface area (TPSA) is 55.4 Å². The van der Waals surface area contributed by atoms with Gasteiger partial charge in [0.2, 0.25) is 10.0 Å². The molecule has 0 aliphatic heterocycles.